The molecule has 1 aromatic carbocycles. The molecule has 6 nitrogen and oxygen atoms in total. The molecule has 0 radical (unpaired) electrons. The number of aliphatic hydroxyl groups excluding tert-OH is 1. The molecule has 3 unspecified atom stereocenters. The summed E-state index contributed by atoms with van der Waals surface area (Å²) in [5.41, 5.74) is 0.655. The van der Waals surface area contributed by atoms with Crippen LogP contribution in [0.2, 0.25) is 5.02 Å². The lowest BCUT2D eigenvalue weighted by Gasteiger charge is -2.12. The second kappa shape index (κ2) is 8.11. The number of hydrogen-bond acceptors (Lipinski definition) is 4. The monoisotopic (exact) mass is 397 g/mol. The molecule has 1 heterocycles. The van der Waals surface area contributed by atoms with Crippen LogP contribution in [0.3, 0.4) is 0 Å². The van der Waals surface area contributed by atoms with Crippen molar-refractivity contribution in [3.63, 3.8) is 0 Å². The molecule has 3 atom stereocenters. The normalized spacial score (nSPS) is 20.6. The second-order valence-corrected chi connectivity index (χ2v) is 7.87. The highest BCUT2D eigenvalue weighted by Gasteiger charge is 2.28. The van der Waals surface area contributed by atoms with Crippen LogP contribution in [-0.2, 0) is 11.0 Å². The third kappa shape index (κ3) is 4.57. The summed E-state index contributed by atoms with van der Waals surface area (Å²) in [7, 11) is -1.40. The summed E-state index contributed by atoms with van der Waals surface area (Å²) >= 11 is 5.70. The van der Waals surface area contributed by atoms with E-state index in [-0.39, 0.29) is 10.3 Å². The zero-order valence-corrected chi connectivity index (χ0v) is 15.2. The minimum absolute atomic E-state index is 0.0889. The number of anilines is 2. The van der Waals surface area contributed by atoms with Crippen molar-refractivity contribution in [2.75, 3.05) is 10.0 Å². The third-order valence-electron chi connectivity index (χ3n) is 4.06. The van der Waals surface area contributed by atoms with Gasteiger partial charge in [0.15, 0.2) is 0 Å². The molecule has 138 valence electrons. The second-order valence-electron chi connectivity index (χ2n) is 6.00. The van der Waals surface area contributed by atoms with Crippen LogP contribution in [0.1, 0.15) is 29.6 Å². The lowest BCUT2D eigenvalue weighted by atomic mass is 10.2. The van der Waals surface area contributed by atoms with E-state index in [0.29, 0.717) is 36.3 Å². The SMILES string of the molecule is O=C(Nc1ccc(F)c(Cl)c1)c1ccnc(NS(=O)C2CCC(O)C2)c1. The van der Waals surface area contributed by atoms with Gasteiger partial charge in [-0.2, -0.15) is 0 Å². The van der Waals surface area contributed by atoms with E-state index in [4.69, 9.17) is 11.6 Å². The molecule has 1 saturated carbocycles. The number of pyridine rings is 1. The molecule has 0 saturated heterocycles. The Morgan fingerprint density at radius 1 is 1.31 bits per heavy atom. The number of aromatic nitrogens is 1. The van der Waals surface area contributed by atoms with Crippen molar-refractivity contribution in [1.82, 2.24) is 4.98 Å². The summed E-state index contributed by atoms with van der Waals surface area (Å²) in [6.07, 6.45) is 2.79. The van der Waals surface area contributed by atoms with E-state index in [9.17, 15) is 18.5 Å². The highest BCUT2D eigenvalue weighted by Crippen LogP contribution is 2.24. The molecule has 1 aliphatic rings. The van der Waals surface area contributed by atoms with Gasteiger partial charge in [0.05, 0.1) is 16.4 Å². The maximum Gasteiger partial charge on any atom is 0.255 e. The number of carbonyl (C=O) groups is 1. The molecular weight excluding hydrogens is 381 g/mol. The van der Waals surface area contributed by atoms with Gasteiger partial charge in [0.2, 0.25) is 0 Å². The molecule has 0 bridgehead atoms. The Balaban J connectivity index is 1.67. The zero-order valence-electron chi connectivity index (χ0n) is 13.6. The molecule has 9 heteroatoms. The van der Waals surface area contributed by atoms with Crippen molar-refractivity contribution in [3.8, 4) is 0 Å². The van der Waals surface area contributed by atoms with Gasteiger partial charge in [0.1, 0.15) is 22.6 Å². The fourth-order valence-electron chi connectivity index (χ4n) is 2.70. The van der Waals surface area contributed by atoms with Gasteiger partial charge in [-0.25, -0.2) is 13.6 Å². The van der Waals surface area contributed by atoms with E-state index >= 15 is 0 Å². The fourth-order valence-corrected chi connectivity index (χ4v) is 4.12. The summed E-state index contributed by atoms with van der Waals surface area (Å²) in [5.74, 6) is -0.700. The standard InChI is InChI=1S/C17H17ClFN3O3S/c18-14-8-11(1-4-15(14)19)21-17(24)10-5-6-20-16(7-10)22-26(25)13-3-2-12(23)9-13/h1,4-8,12-13,23H,2-3,9H2,(H,20,22)(H,21,24). The molecule has 0 spiro atoms. The first kappa shape index (κ1) is 18.8. The van der Waals surface area contributed by atoms with E-state index < -0.39 is 28.8 Å². The molecule has 1 aromatic heterocycles. The van der Waals surface area contributed by atoms with Gasteiger partial charge in [-0.1, -0.05) is 11.6 Å². The minimum atomic E-state index is -1.40. The number of aliphatic hydroxyl groups is 1. The van der Waals surface area contributed by atoms with Crippen LogP contribution in [0.4, 0.5) is 15.9 Å². The van der Waals surface area contributed by atoms with E-state index in [1.807, 2.05) is 0 Å². The summed E-state index contributed by atoms with van der Waals surface area (Å²) in [6, 6.07) is 6.86. The fraction of sp³-hybridized carbons (Fsp3) is 0.294. The Kier molecular flexibility index (Phi) is 5.85. The lowest BCUT2D eigenvalue weighted by Crippen LogP contribution is -2.20. The number of rotatable bonds is 5. The Bertz CT molecular complexity index is 852. The molecule has 1 fully saturated rings. The van der Waals surface area contributed by atoms with Crippen LogP contribution in [0, 0.1) is 5.82 Å². The maximum absolute atomic E-state index is 13.2. The molecule has 1 amide bonds. The predicted octanol–water partition coefficient (Wildman–Crippen LogP) is 3.12. The first-order valence-corrected chi connectivity index (χ1v) is 9.59. The van der Waals surface area contributed by atoms with E-state index in [0.717, 1.165) is 6.07 Å². The van der Waals surface area contributed by atoms with Gasteiger partial charge in [0.25, 0.3) is 5.91 Å². The lowest BCUT2D eigenvalue weighted by molar-refractivity contribution is 0.102. The highest BCUT2D eigenvalue weighted by molar-refractivity contribution is 7.87. The Labute approximate surface area is 157 Å². The molecule has 3 rings (SSSR count). The summed E-state index contributed by atoms with van der Waals surface area (Å²) < 4.78 is 28.3. The van der Waals surface area contributed by atoms with Crippen LogP contribution in [0.15, 0.2) is 36.5 Å². The van der Waals surface area contributed by atoms with Crippen molar-refractivity contribution < 1.29 is 18.5 Å². The van der Waals surface area contributed by atoms with Crippen LogP contribution in [0.25, 0.3) is 0 Å². The van der Waals surface area contributed by atoms with Gasteiger partial charge >= 0.3 is 0 Å². The van der Waals surface area contributed by atoms with Crippen molar-refractivity contribution in [1.29, 1.82) is 0 Å². The van der Waals surface area contributed by atoms with Crippen molar-refractivity contribution in [3.05, 3.63) is 52.9 Å². The number of hydrogen-bond donors (Lipinski definition) is 3. The molecular formula is C17H17ClFN3O3S. The highest BCUT2D eigenvalue weighted by atomic mass is 35.5. The average Bonchev–Trinajstić information content (AvgIpc) is 3.05. The first-order chi connectivity index (χ1) is 12.4. The average molecular weight is 398 g/mol. The van der Waals surface area contributed by atoms with E-state index in [1.54, 1.807) is 0 Å². The van der Waals surface area contributed by atoms with Crippen molar-refractivity contribution >= 4 is 40.0 Å². The number of benzene rings is 1. The Morgan fingerprint density at radius 2 is 2.12 bits per heavy atom. The summed E-state index contributed by atoms with van der Waals surface area (Å²) in [5, 5.41) is 11.9. The number of amides is 1. The molecule has 3 N–H and O–H groups in total. The Morgan fingerprint density at radius 3 is 2.81 bits per heavy atom. The van der Waals surface area contributed by atoms with Gasteiger partial charge in [-0.15, -0.1) is 0 Å². The van der Waals surface area contributed by atoms with Gasteiger partial charge in [-0.05, 0) is 49.6 Å². The van der Waals surface area contributed by atoms with E-state index in [2.05, 4.69) is 15.0 Å². The van der Waals surface area contributed by atoms with Crippen LogP contribution < -0.4 is 10.0 Å². The predicted molar refractivity (Wildman–Crippen MR) is 99.0 cm³/mol. The topological polar surface area (TPSA) is 91.3 Å². The van der Waals surface area contributed by atoms with Crippen molar-refractivity contribution in [2.24, 2.45) is 0 Å². The zero-order chi connectivity index (χ0) is 18.7. The van der Waals surface area contributed by atoms with Gasteiger partial charge in [0, 0.05) is 17.4 Å². The maximum atomic E-state index is 13.2. The summed E-state index contributed by atoms with van der Waals surface area (Å²) in [6.45, 7) is 0. The third-order valence-corrected chi connectivity index (χ3v) is 5.80. The molecule has 26 heavy (non-hydrogen) atoms. The van der Waals surface area contributed by atoms with Crippen molar-refractivity contribution in [2.45, 2.75) is 30.6 Å². The molecule has 1 aliphatic carbocycles. The molecule has 0 aliphatic heterocycles. The number of halogens is 2. The van der Waals surface area contributed by atoms with Gasteiger partial charge < -0.3 is 10.4 Å². The van der Waals surface area contributed by atoms with Crippen LogP contribution in [-0.4, -0.2) is 31.6 Å². The van der Waals surface area contributed by atoms with E-state index in [1.165, 1.54) is 30.5 Å². The smallest absolute Gasteiger partial charge is 0.255 e. The minimum Gasteiger partial charge on any atom is -0.393 e. The number of carbonyl (C=O) groups excluding carboxylic acids is 1. The molecule has 2 aromatic rings. The Hall–Kier alpha value is -2.03. The quantitative estimate of drug-likeness (QED) is 0.722. The van der Waals surface area contributed by atoms with Crippen LogP contribution in [0.5, 0.6) is 0 Å². The van der Waals surface area contributed by atoms with Crippen LogP contribution >= 0.6 is 11.6 Å². The first-order valence-electron chi connectivity index (χ1n) is 8.00. The van der Waals surface area contributed by atoms with Gasteiger partial charge in [-0.3, -0.25) is 9.52 Å². The largest absolute Gasteiger partial charge is 0.393 e. The number of nitrogens with zero attached hydrogens (tertiary/aromatic N) is 1. The number of nitrogens with one attached hydrogen (secondary N) is 2. The summed E-state index contributed by atoms with van der Waals surface area (Å²) in [4.78, 5) is 16.4.